The van der Waals surface area contributed by atoms with E-state index in [-0.39, 0.29) is 13.6 Å². The molecule has 0 saturated heterocycles. The number of nitrogens with zero attached hydrogens (tertiary/aromatic N) is 1. The van der Waals surface area contributed by atoms with Crippen molar-refractivity contribution in [1.29, 1.82) is 0 Å². The molecule has 0 N–H and O–H groups in total. The van der Waals surface area contributed by atoms with Crippen LogP contribution in [0.4, 0.5) is 5.69 Å². The van der Waals surface area contributed by atoms with E-state index in [1.54, 1.807) is 12.1 Å². The van der Waals surface area contributed by atoms with Gasteiger partial charge in [-0.05, 0) is 17.4 Å². The van der Waals surface area contributed by atoms with Crippen molar-refractivity contribution in [3.63, 3.8) is 0 Å². The Hall–Kier alpha value is -0.660. The van der Waals surface area contributed by atoms with Crippen LogP contribution in [0, 0.1) is 10.1 Å². The number of non-ortho nitro benzene ring substituents is 1. The second-order valence-corrected chi connectivity index (χ2v) is 3.23. The maximum absolute atomic E-state index is 10.2. The van der Waals surface area contributed by atoms with Crippen LogP contribution >= 0.6 is 19.2 Å². The van der Waals surface area contributed by atoms with Crippen LogP contribution in [0.2, 0.25) is 0 Å². The minimum atomic E-state index is -0.429. The van der Waals surface area contributed by atoms with Crippen molar-refractivity contribution < 1.29 is 4.92 Å². The van der Waals surface area contributed by atoms with Gasteiger partial charge in [0.2, 0.25) is 0 Å². The van der Waals surface area contributed by atoms with Gasteiger partial charge in [-0.15, -0.1) is 0 Å². The number of rotatable bonds is 2. The number of benzene rings is 1. The lowest BCUT2D eigenvalue weighted by molar-refractivity contribution is -0.384. The van der Waals surface area contributed by atoms with Crippen molar-refractivity contribution >= 4 is 30.2 Å². The summed E-state index contributed by atoms with van der Waals surface area (Å²) in [5.41, 5.74) is 0.101. The van der Waals surface area contributed by atoms with Gasteiger partial charge >= 0.3 is 0 Å². The number of halogens is 1. The molecule has 0 radical (unpaired) electrons. The monoisotopic (exact) mass is 189 g/mol. The molecule has 11 heavy (non-hydrogen) atoms. The molecule has 0 spiro atoms. The summed E-state index contributed by atoms with van der Waals surface area (Å²) in [7, 11) is 0.170. The van der Waals surface area contributed by atoms with Crippen LogP contribution < -0.4 is 5.30 Å². The van der Waals surface area contributed by atoms with E-state index < -0.39 is 4.92 Å². The predicted molar refractivity (Wildman–Crippen MR) is 46.9 cm³/mol. The Labute approximate surface area is 70.1 Å². The highest BCUT2D eigenvalue weighted by Gasteiger charge is 2.02. The zero-order valence-corrected chi connectivity index (χ0v) is 7.21. The van der Waals surface area contributed by atoms with Crippen molar-refractivity contribution in [2.24, 2.45) is 0 Å². The van der Waals surface area contributed by atoms with Gasteiger partial charge in [-0.1, -0.05) is 11.2 Å². The summed E-state index contributed by atoms with van der Waals surface area (Å²) in [6.07, 6.45) is 0. The Morgan fingerprint density at radius 3 is 2.27 bits per heavy atom. The third-order valence-corrected chi connectivity index (χ3v) is 2.39. The van der Waals surface area contributed by atoms with Gasteiger partial charge < -0.3 is 0 Å². The minimum absolute atomic E-state index is 0.101. The SMILES string of the molecule is O=[N+]([O-])c1ccc(PCl)cc1. The highest BCUT2D eigenvalue weighted by molar-refractivity contribution is 7.74. The van der Waals surface area contributed by atoms with Crippen molar-refractivity contribution in [3.05, 3.63) is 34.4 Å². The first-order valence-corrected chi connectivity index (χ1v) is 4.86. The van der Waals surface area contributed by atoms with Crippen LogP contribution in [-0.2, 0) is 0 Å². The summed E-state index contributed by atoms with van der Waals surface area (Å²) in [6, 6.07) is 6.21. The Morgan fingerprint density at radius 2 is 1.91 bits per heavy atom. The fourth-order valence-corrected chi connectivity index (χ4v) is 1.32. The van der Waals surface area contributed by atoms with Crippen molar-refractivity contribution in [2.75, 3.05) is 0 Å². The first kappa shape index (κ1) is 8.44. The molecule has 0 bridgehead atoms. The lowest BCUT2D eigenvalue weighted by Crippen LogP contribution is -1.93. The van der Waals surface area contributed by atoms with Crippen molar-refractivity contribution in [1.82, 2.24) is 0 Å². The summed E-state index contributed by atoms with van der Waals surface area (Å²) < 4.78 is 0. The molecule has 0 aliphatic rings. The maximum atomic E-state index is 10.2. The second-order valence-electron chi connectivity index (χ2n) is 1.90. The number of hydrogen-bond acceptors (Lipinski definition) is 2. The lowest BCUT2D eigenvalue weighted by Gasteiger charge is -1.92. The van der Waals surface area contributed by atoms with Crippen LogP contribution in [0.5, 0.6) is 0 Å². The minimum Gasteiger partial charge on any atom is -0.258 e. The van der Waals surface area contributed by atoms with Crippen LogP contribution in [0.1, 0.15) is 0 Å². The van der Waals surface area contributed by atoms with Crippen LogP contribution in [0.3, 0.4) is 0 Å². The van der Waals surface area contributed by atoms with Gasteiger partial charge in [-0.3, -0.25) is 10.1 Å². The first-order chi connectivity index (χ1) is 5.24. The van der Waals surface area contributed by atoms with E-state index in [1.165, 1.54) is 12.1 Å². The summed E-state index contributed by atoms with van der Waals surface area (Å²) in [6.45, 7) is 0. The summed E-state index contributed by atoms with van der Waals surface area (Å²) >= 11 is 5.52. The fraction of sp³-hybridized carbons (Fsp3) is 0. The highest BCUT2D eigenvalue weighted by atomic mass is 35.7. The lowest BCUT2D eigenvalue weighted by atomic mass is 10.3. The summed E-state index contributed by atoms with van der Waals surface area (Å²) in [5, 5.41) is 11.1. The van der Waals surface area contributed by atoms with Crippen LogP contribution in [0.25, 0.3) is 0 Å². The molecule has 1 aromatic carbocycles. The molecular weight excluding hydrogens is 184 g/mol. The molecule has 0 aromatic heterocycles. The van der Waals surface area contributed by atoms with Crippen LogP contribution in [0.15, 0.2) is 24.3 Å². The Kier molecular flexibility index (Phi) is 2.80. The van der Waals surface area contributed by atoms with E-state index in [9.17, 15) is 10.1 Å². The predicted octanol–water partition coefficient (Wildman–Crippen LogP) is 2.05. The van der Waals surface area contributed by atoms with E-state index >= 15 is 0 Å². The topological polar surface area (TPSA) is 43.1 Å². The molecule has 1 atom stereocenters. The van der Waals surface area contributed by atoms with E-state index in [2.05, 4.69) is 0 Å². The van der Waals surface area contributed by atoms with Gasteiger partial charge in [0.05, 0.1) is 4.92 Å². The molecule has 0 aliphatic heterocycles. The smallest absolute Gasteiger partial charge is 0.258 e. The molecule has 0 heterocycles. The molecular formula is C6H5ClNO2P. The van der Waals surface area contributed by atoms with E-state index in [4.69, 9.17) is 11.2 Å². The summed E-state index contributed by atoms with van der Waals surface area (Å²) in [4.78, 5) is 9.75. The van der Waals surface area contributed by atoms with Gasteiger partial charge in [0, 0.05) is 20.1 Å². The quantitative estimate of drug-likeness (QED) is 0.406. The molecule has 1 unspecified atom stereocenters. The number of hydrogen-bond donors (Lipinski definition) is 0. The third-order valence-electron chi connectivity index (χ3n) is 1.19. The second kappa shape index (κ2) is 3.65. The molecule has 5 heteroatoms. The van der Waals surface area contributed by atoms with E-state index in [0.29, 0.717) is 0 Å². The molecule has 1 rings (SSSR count). The average Bonchev–Trinajstić information content (AvgIpc) is 2.05. The van der Waals surface area contributed by atoms with Crippen molar-refractivity contribution in [3.8, 4) is 0 Å². The van der Waals surface area contributed by atoms with E-state index in [1.807, 2.05) is 0 Å². The van der Waals surface area contributed by atoms with E-state index in [0.717, 1.165) is 5.30 Å². The maximum Gasteiger partial charge on any atom is 0.269 e. The van der Waals surface area contributed by atoms with Gasteiger partial charge in [0.15, 0.2) is 0 Å². The molecule has 3 nitrogen and oxygen atoms in total. The molecule has 58 valence electrons. The Bertz CT molecular complexity index is 262. The van der Waals surface area contributed by atoms with Gasteiger partial charge in [0.25, 0.3) is 5.69 Å². The van der Waals surface area contributed by atoms with Crippen molar-refractivity contribution in [2.45, 2.75) is 0 Å². The Balaban J connectivity index is 2.91. The standard InChI is InChI=1S/C6H5ClNO2P/c7-11-6-3-1-5(2-4-6)8(9)10/h1-4,11H. The first-order valence-electron chi connectivity index (χ1n) is 2.85. The summed E-state index contributed by atoms with van der Waals surface area (Å²) in [5.74, 6) is 0. The normalized spacial score (nSPS) is 10.6. The third kappa shape index (κ3) is 2.14. The Morgan fingerprint density at radius 1 is 1.36 bits per heavy atom. The largest absolute Gasteiger partial charge is 0.269 e. The molecule has 0 amide bonds. The number of nitro benzene ring substituents is 1. The molecule has 0 fully saturated rings. The molecule has 1 aromatic rings. The van der Waals surface area contributed by atoms with Gasteiger partial charge in [0.1, 0.15) is 0 Å². The zero-order valence-electron chi connectivity index (χ0n) is 5.45. The van der Waals surface area contributed by atoms with Crippen LogP contribution in [-0.4, -0.2) is 4.92 Å². The fourth-order valence-electron chi connectivity index (χ4n) is 0.646. The average molecular weight is 190 g/mol. The zero-order chi connectivity index (χ0) is 8.27. The molecule has 0 saturated carbocycles. The number of nitro groups is 1. The van der Waals surface area contributed by atoms with Gasteiger partial charge in [-0.2, -0.15) is 0 Å². The van der Waals surface area contributed by atoms with Gasteiger partial charge in [-0.25, -0.2) is 0 Å². The molecule has 0 aliphatic carbocycles. The highest BCUT2D eigenvalue weighted by Crippen LogP contribution is 2.17.